The number of hydrogen-bond acceptors (Lipinski definition) is 6. The number of carbonyl (C=O) groups excluding carboxylic acids is 1. The molecule has 156 valence electrons. The standard InChI is InChI=1S/C23H18N2O5S/c1-16-10-12-18(13-11-16)31(28,29)25(27)20-9-5-8-19-21(14-15-24-22(19)20)30-23(26)17-6-3-2-4-7-17/h2-15,25H,1H3. The topological polar surface area (TPSA) is 101 Å². The van der Waals surface area contributed by atoms with E-state index in [1.165, 1.54) is 36.5 Å². The lowest BCUT2D eigenvalue weighted by molar-refractivity contribution is -0.623. The Balaban J connectivity index is 1.74. The van der Waals surface area contributed by atoms with Gasteiger partial charge in [-0.15, -0.1) is 0 Å². The van der Waals surface area contributed by atoms with Gasteiger partial charge in [0.15, 0.2) is 5.69 Å². The van der Waals surface area contributed by atoms with Gasteiger partial charge in [0.2, 0.25) is 0 Å². The van der Waals surface area contributed by atoms with Crippen LogP contribution in [0.5, 0.6) is 5.75 Å². The van der Waals surface area contributed by atoms with E-state index in [2.05, 4.69) is 4.98 Å². The van der Waals surface area contributed by atoms with E-state index in [1.54, 1.807) is 48.5 Å². The minimum Gasteiger partial charge on any atom is -0.612 e. The van der Waals surface area contributed by atoms with Gasteiger partial charge in [-0.2, -0.15) is 8.42 Å². The van der Waals surface area contributed by atoms with Crippen LogP contribution < -0.4 is 9.21 Å². The van der Waals surface area contributed by atoms with Crippen LogP contribution in [0.2, 0.25) is 0 Å². The number of aromatic nitrogens is 1. The fourth-order valence-corrected chi connectivity index (χ4v) is 4.27. The van der Waals surface area contributed by atoms with Crippen molar-refractivity contribution in [3.63, 3.8) is 0 Å². The fourth-order valence-electron chi connectivity index (χ4n) is 3.11. The summed E-state index contributed by atoms with van der Waals surface area (Å²) in [6, 6.07) is 20.5. The van der Waals surface area contributed by atoms with Gasteiger partial charge in [0, 0.05) is 17.6 Å². The second kappa shape index (κ2) is 8.27. The Bertz CT molecular complexity index is 1350. The number of quaternary nitrogens is 1. The highest BCUT2D eigenvalue weighted by Crippen LogP contribution is 2.28. The molecule has 31 heavy (non-hydrogen) atoms. The molecule has 1 unspecified atom stereocenters. The Hall–Kier alpha value is -3.59. The van der Waals surface area contributed by atoms with E-state index in [0.29, 0.717) is 10.9 Å². The molecule has 0 amide bonds. The summed E-state index contributed by atoms with van der Waals surface area (Å²) < 4.78 is 30.2. The van der Waals surface area contributed by atoms with Crippen LogP contribution >= 0.6 is 0 Å². The molecule has 1 atom stereocenters. The number of aryl methyl sites for hydroxylation is 1. The first kappa shape index (κ1) is 20.7. The largest absolute Gasteiger partial charge is 0.612 e. The number of benzene rings is 3. The number of para-hydroxylation sites is 1. The zero-order chi connectivity index (χ0) is 22.0. The van der Waals surface area contributed by atoms with Crippen LogP contribution in [0.3, 0.4) is 0 Å². The molecule has 0 saturated heterocycles. The van der Waals surface area contributed by atoms with Gasteiger partial charge in [0.1, 0.15) is 16.2 Å². The quantitative estimate of drug-likeness (QED) is 0.383. The number of sulfonamides is 1. The van der Waals surface area contributed by atoms with Gasteiger partial charge in [-0.25, -0.2) is 14.2 Å². The minimum atomic E-state index is -4.27. The van der Waals surface area contributed by atoms with E-state index in [0.717, 1.165) is 5.56 Å². The van der Waals surface area contributed by atoms with Crippen molar-refractivity contribution in [3.05, 3.63) is 101 Å². The molecular formula is C23H18N2O5S. The zero-order valence-corrected chi connectivity index (χ0v) is 17.3. The molecule has 7 nitrogen and oxygen atoms in total. The number of carbonyl (C=O) groups is 1. The van der Waals surface area contributed by atoms with Crippen LogP contribution in [-0.2, 0) is 10.0 Å². The third-order valence-corrected chi connectivity index (χ3v) is 6.34. The summed E-state index contributed by atoms with van der Waals surface area (Å²) in [6.45, 7) is 1.82. The summed E-state index contributed by atoms with van der Waals surface area (Å²) in [4.78, 5) is 16.5. The number of rotatable bonds is 5. The summed E-state index contributed by atoms with van der Waals surface area (Å²) in [5, 5.41) is 13.3. The maximum atomic E-state index is 13.0. The molecule has 1 heterocycles. The summed E-state index contributed by atoms with van der Waals surface area (Å²) in [7, 11) is -4.27. The summed E-state index contributed by atoms with van der Waals surface area (Å²) in [5.74, 6) is -0.390. The van der Waals surface area contributed by atoms with Crippen molar-refractivity contribution in [2.75, 3.05) is 0 Å². The van der Waals surface area contributed by atoms with Crippen LogP contribution in [0.25, 0.3) is 10.9 Å². The maximum Gasteiger partial charge on any atom is 0.343 e. The predicted molar refractivity (Wildman–Crippen MR) is 115 cm³/mol. The summed E-state index contributed by atoms with van der Waals surface area (Å²) in [5.41, 5.74) is 1.29. The third kappa shape index (κ3) is 4.04. The van der Waals surface area contributed by atoms with Crippen LogP contribution in [0.15, 0.2) is 90.0 Å². The van der Waals surface area contributed by atoms with E-state index >= 15 is 0 Å². The molecule has 0 aliphatic carbocycles. The number of nitrogens with one attached hydrogen (secondary N) is 1. The van der Waals surface area contributed by atoms with Crippen LogP contribution in [0.1, 0.15) is 15.9 Å². The molecule has 0 fully saturated rings. The SMILES string of the molecule is Cc1ccc(S(=O)(=O)[NH+]([O-])c2cccc3c(OC(=O)c4ccccc4)ccnc23)cc1. The van der Waals surface area contributed by atoms with Crippen molar-refractivity contribution in [2.24, 2.45) is 0 Å². The highest BCUT2D eigenvalue weighted by atomic mass is 32.2. The molecule has 0 saturated carbocycles. The Labute approximate surface area is 179 Å². The van der Waals surface area contributed by atoms with E-state index in [-0.39, 0.29) is 21.8 Å². The monoisotopic (exact) mass is 434 g/mol. The Morgan fingerprint density at radius 3 is 2.35 bits per heavy atom. The smallest absolute Gasteiger partial charge is 0.343 e. The molecule has 0 aliphatic rings. The van der Waals surface area contributed by atoms with Crippen molar-refractivity contribution in [3.8, 4) is 5.75 Å². The van der Waals surface area contributed by atoms with Gasteiger partial charge >= 0.3 is 16.0 Å². The summed E-state index contributed by atoms with van der Waals surface area (Å²) in [6.07, 6.45) is 1.37. The molecule has 0 spiro atoms. The average Bonchev–Trinajstić information content (AvgIpc) is 2.79. The van der Waals surface area contributed by atoms with Gasteiger partial charge in [0.25, 0.3) is 0 Å². The van der Waals surface area contributed by atoms with Gasteiger partial charge in [-0.05, 0) is 43.3 Å². The van der Waals surface area contributed by atoms with Crippen molar-refractivity contribution < 1.29 is 22.4 Å². The lowest BCUT2D eigenvalue weighted by Gasteiger charge is -2.22. The lowest BCUT2D eigenvalue weighted by Crippen LogP contribution is -3.04. The molecule has 0 aliphatic heterocycles. The second-order valence-corrected chi connectivity index (χ2v) is 8.72. The highest BCUT2D eigenvalue weighted by Gasteiger charge is 2.26. The predicted octanol–water partition coefficient (Wildman–Crippen LogP) is 3.17. The van der Waals surface area contributed by atoms with Crippen molar-refractivity contribution >= 4 is 32.6 Å². The van der Waals surface area contributed by atoms with Gasteiger partial charge in [-0.3, -0.25) is 0 Å². The van der Waals surface area contributed by atoms with E-state index in [9.17, 15) is 18.4 Å². The van der Waals surface area contributed by atoms with Crippen molar-refractivity contribution in [2.45, 2.75) is 11.8 Å². The molecule has 4 aromatic rings. The maximum absolute atomic E-state index is 13.0. The normalized spacial score (nSPS) is 12.5. The second-order valence-electron chi connectivity index (χ2n) is 6.87. The molecule has 1 aromatic heterocycles. The average molecular weight is 434 g/mol. The fraction of sp³-hybridized carbons (Fsp3) is 0.0435. The van der Waals surface area contributed by atoms with Gasteiger partial charge in [0.05, 0.1) is 5.56 Å². The third-order valence-electron chi connectivity index (χ3n) is 4.74. The van der Waals surface area contributed by atoms with E-state index in [4.69, 9.17) is 4.74 Å². The zero-order valence-electron chi connectivity index (χ0n) is 16.5. The molecule has 8 heteroatoms. The van der Waals surface area contributed by atoms with Crippen LogP contribution in [0.4, 0.5) is 5.69 Å². The Morgan fingerprint density at radius 1 is 0.935 bits per heavy atom. The minimum absolute atomic E-state index is 0.0873. The van der Waals surface area contributed by atoms with Crippen molar-refractivity contribution in [1.82, 2.24) is 4.98 Å². The molecular weight excluding hydrogens is 416 g/mol. The molecule has 3 aromatic carbocycles. The molecule has 0 bridgehead atoms. The first-order valence-electron chi connectivity index (χ1n) is 9.39. The van der Waals surface area contributed by atoms with Crippen LogP contribution in [-0.4, -0.2) is 19.4 Å². The van der Waals surface area contributed by atoms with Crippen molar-refractivity contribution in [1.29, 1.82) is 0 Å². The Kier molecular flexibility index (Phi) is 5.51. The van der Waals surface area contributed by atoms with Gasteiger partial charge < -0.3 is 9.94 Å². The number of ether oxygens (including phenoxy) is 1. The Morgan fingerprint density at radius 2 is 1.65 bits per heavy atom. The lowest BCUT2D eigenvalue weighted by atomic mass is 10.1. The van der Waals surface area contributed by atoms with Crippen LogP contribution in [0, 0.1) is 12.1 Å². The molecule has 4 rings (SSSR count). The van der Waals surface area contributed by atoms with E-state index in [1.807, 2.05) is 6.92 Å². The van der Waals surface area contributed by atoms with E-state index < -0.39 is 20.5 Å². The first-order chi connectivity index (χ1) is 14.9. The number of pyridine rings is 1. The molecule has 0 radical (unpaired) electrons. The van der Waals surface area contributed by atoms with Gasteiger partial charge in [-0.1, -0.05) is 42.0 Å². The number of esters is 1. The molecule has 1 N–H and O–H groups in total. The summed E-state index contributed by atoms with van der Waals surface area (Å²) >= 11 is 0. The number of nitrogens with zero attached hydrogens (tertiary/aromatic N) is 1. The number of hydrogen-bond donors (Lipinski definition) is 1. The first-order valence-corrected chi connectivity index (χ1v) is 10.9. The number of fused-ring (bicyclic) bond motifs is 1. The highest BCUT2D eigenvalue weighted by molar-refractivity contribution is 7.85.